The molecule has 2 atom stereocenters. The molecule has 18 heavy (non-hydrogen) atoms. The number of hydrogen-bond acceptors (Lipinski definition) is 6. The minimum absolute atomic E-state index is 0.0293. The van der Waals surface area contributed by atoms with Crippen molar-refractivity contribution >= 4 is 41.5 Å². The highest BCUT2D eigenvalue weighted by Crippen LogP contribution is 2.19. The first-order valence-corrected chi connectivity index (χ1v) is 7.24. The van der Waals surface area contributed by atoms with E-state index in [2.05, 4.69) is 18.1 Å². The van der Waals surface area contributed by atoms with E-state index in [1.54, 1.807) is 11.2 Å². The molecule has 0 saturated carbocycles. The molecule has 1 rings (SSSR count). The minimum Gasteiger partial charge on any atom is -0.295 e. The Morgan fingerprint density at radius 1 is 1.50 bits per heavy atom. The summed E-state index contributed by atoms with van der Waals surface area (Å²) in [7, 11) is 0. The van der Waals surface area contributed by atoms with Crippen LogP contribution in [-0.2, 0) is 14.4 Å². The Balaban J connectivity index is 2.39. The third-order valence-corrected chi connectivity index (χ3v) is 4.31. The van der Waals surface area contributed by atoms with Gasteiger partial charge in [-0.25, -0.2) is 4.31 Å². The topological polar surface area (TPSA) is 66.5 Å². The number of thiol groups is 1. The molecule has 5 nitrogen and oxygen atoms in total. The maximum Gasteiger partial charge on any atom is 0.244 e. The first kappa shape index (κ1) is 15.5. The van der Waals surface area contributed by atoms with Crippen LogP contribution in [-0.4, -0.2) is 39.6 Å². The summed E-state index contributed by atoms with van der Waals surface area (Å²) in [5.74, 6) is -0.601. The zero-order chi connectivity index (χ0) is 13.7. The van der Waals surface area contributed by atoms with Crippen LogP contribution >= 0.6 is 24.6 Å². The van der Waals surface area contributed by atoms with Crippen molar-refractivity contribution in [2.75, 3.05) is 12.3 Å². The Morgan fingerprint density at radius 3 is 2.67 bits per heavy atom. The van der Waals surface area contributed by atoms with E-state index in [1.807, 2.05) is 0 Å². The number of carbonyl (C=O) groups excluding carboxylic acids is 3. The minimum atomic E-state index is -0.363. The number of nitrogens with zero attached hydrogens (tertiary/aromatic N) is 1. The molecule has 2 amide bonds. The summed E-state index contributed by atoms with van der Waals surface area (Å²) < 4.78 is 1.65. The molecule has 1 heterocycles. The number of hydrogen-bond donors (Lipinski definition) is 2. The predicted molar refractivity (Wildman–Crippen MR) is 74.2 cm³/mol. The van der Waals surface area contributed by atoms with Crippen LogP contribution in [0, 0.1) is 5.92 Å². The maximum absolute atomic E-state index is 11.8. The van der Waals surface area contributed by atoms with Gasteiger partial charge in [0.15, 0.2) is 5.12 Å². The van der Waals surface area contributed by atoms with Crippen molar-refractivity contribution in [3.05, 3.63) is 0 Å². The fourth-order valence-electron chi connectivity index (χ4n) is 1.66. The van der Waals surface area contributed by atoms with Crippen LogP contribution in [0.5, 0.6) is 0 Å². The van der Waals surface area contributed by atoms with Gasteiger partial charge in [-0.15, -0.1) is 0 Å². The van der Waals surface area contributed by atoms with Gasteiger partial charge in [0, 0.05) is 25.1 Å². The van der Waals surface area contributed by atoms with Crippen LogP contribution < -0.4 is 5.32 Å². The van der Waals surface area contributed by atoms with E-state index in [0.29, 0.717) is 5.75 Å². The molecule has 1 aliphatic rings. The summed E-state index contributed by atoms with van der Waals surface area (Å²) in [4.78, 5) is 34.3. The normalized spacial score (nSPS) is 21.6. The fraction of sp³-hybridized carbons (Fsp3) is 0.727. The molecule has 102 valence electrons. The summed E-state index contributed by atoms with van der Waals surface area (Å²) in [5, 5.41) is 2.35. The fourth-order valence-corrected chi connectivity index (χ4v) is 2.66. The summed E-state index contributed by atoms with van der Waals surface area (Å²) >= 11 is 5.27. The Morgan fingerprint density at radius 2 is 2.17 bits per heavy atom. The average molecular weight is 290 g/mol. The molecular weight excluding hydrogens is 272 g/mol. The van der Waals surface area contributed by atoms with Crippen molar-refractivity contribution in [1.82, 2.24) is 9.62 Å². The van der Waals surface area contributed by atoms with Crippen LogP contribution in [0.2, 0.25) is 0 Å². The van der Waals surface area contributed by atoms with E-state index < -0.39 is 0 Å². The van der Waals surface area contributed by atoms with E-state index in [0.717, 1.165) is 31.1 Å². The standard InChI is InChI=1S/C11H18N2O3S2/c1-7(6-18-8(2)14)10(15)12-11(16)9-4-3-5-13(9)17/h7,9,17H,3-6H2,1-2H3,(H,12,15,16)/t7?,9-/m0/s1. The second-order valence-electron chi connectivity index (χ2n) is 4.38. The van der Waals surface area contributed by atoms with Crippen molar-refractivity contribution in [2.45, 2.75) is 32.7 Å². The van der Waals surface area contributed by atoms with Crippen LogP contribution in [0.4, 0.5) is 0 Å². The molecule has 0 aliphatic carbocycles. The van der Waals surface area contributed by atoms with Gasteiger partial charge < -0.3 is 0 Å². The lowest BCUT2D eigenvalue weighted by Gasteiger charge is -2.18. The highest BCUT2D eigenvalue weighted by Gasteiger charge is 2.30. The Hall–Kier alpha value is -0.530. The molecule has 1 unspecified atom stereocenters. The van der Waals surface area contributed by atoms with Crippen LogP contribution in [0.1, 0.15) is 26.7 Å². The van der Waals surface area contributed by atoms with Gasteiger partial charge in [-0.3, -0.25) is 19.7 Å². The van der Waals surface area contributed by atoms with Crippen molar-refractivity contribution < 1.29 is 14.4 Å². The van der Waals surface area contributed by atoms with Gasteiger partial charge >= 0.3 is 0 Å². The molecule has 0 aromatic rings. The largest absolute Gasteiger partial charge is 0.295 e. The molecule has 0 aromatic heterocycles. The second kappa shape index (κ2) is 7.16. The van der Waals surface area contributed by atoms with E-state index in [4.69, 9.17) is 0 Å². The van der Waals surface area contributed by atoms with E-state index in [-0.39, 0.29) is 28.9 Å². The van der Waals surface area contributed by atoms with Crippen LogP contribution in [0.25, 0.3) is 0 Å². The van der Waals surface area contributed by atoms with Gasteiger partial charge in [0.25, 0.3) is 0 Å². The smallest absolute Gasteiger partial charge is 0.244 e. The zero-order valence-corrected chi connectivity index (χ0v) is 12.2. The molecule has 0 bridgehead atoms. The quantitative estimate of drug-likeness (QED) is 0.752. The summed E-state index contributed by atoms with van der Waals surface area (Å²) in [5.41, 5.74) is 0. The van der Waals surface area contributed by atoms with Gasteiger partial charge in [-0.05, 0) is 12.8 Å². The van der Waals surface area contributed by atoms with E-state index in [1.165, 1.54) is 6.92 Å². The molecule has 1 aliphatic heterocycles. The number of rotatable bonds is 4. The predicted octanol–water partition coefficient (Wildman–Crippen LogP) is 0.854. The monoisotopic (exact) mass is 290 g/mol. The SMILES string of the molecule is CC(=O)SCC(C)C(=O)NC(=O)[C@@H]1CCCN1S. The van der Waals surface area contributed by atoms with Crippen molar-refractivity contribution in [2.24, 2.45) is 5.92 Å². The molecular formula is C11H18N2O3S2. The lowest BCUT2D eigenvalue weighted by atomic mass is 10.2. The lowest BCUT2D eigenvalue weighted by Crippen LogP contribution is -2.44. The second-order valence-corrected chi connectivity index (χ2v) is 6.09. The maximum atomic E-state index is 11.8. The summed E-state index contributed by atoms with van der Waals surface area (Å²) in [6, 6.07) is -0.329. The molecule has 0 spiro atoms. The van der Waals surface area contributed by atoms with Gasteiger partial charge in [-0.2, -0.15) is 0 Å². The molecule has 0 aromatic carbocycles. The Labute approximate surface area is 117 Å². The Kier molecular flexibility index (Phi) is 6.17. The molecule has 7 heteroatoms. The summed E-state index contributed by atoms with van der Waals surface area (Å²) in [6.45, 7) is 3.91. The first-order valence-electron chi connectivity index (χ1n) is 5.85. The van der Waals surface area contributed by atoms with E-state index >= 15 is 0 Å². The zero-order valence-electron chi connectivity index (χ0n) is 10.5. The van der Waals surface area contributed by atoms with Gasteiger partial charge in [0.1, 0.15) is 0 Å². The highest BCUT2D eigenvalue weighted by atomic mass is 32.2. The van der Waals surface area contributed by atoms with Crippen molar-refractivity contribution in [3.8, 4) is 0 Å². The third kappa shape index (κ3) is 4.62. The molecule has 1 fully saturated rings. The van der Waals surface area contributed by atoms with Gasteiger partial charge in [0.05, 0.1) is 6.04 Å². The van der Waals surface area contributed by atoms with Gasteiger partial charge in [-0.1, -0.05) is 31.5 Å². The number of carbonyl (C=O) groups is 3. The lowest BCUT2D eigenvalue weighted by molar-refractivity contribution is -0.133. The van der Waals surface area contributed by atoms with E-state index in [9.17, 15) is 14.4 Å². The number of thioether (sulfide) groups is 1. The highest BCUT2D eigenvalue weighted by molar-refractivity contribution is 8.13. The third-order valence-electron chi connectivity index (χ3n) is 2.76. The van der Waals surface area contributed by atoms with Crippen LogP contribution in [0.15, 0.2) is 0 Å². The number of amides is 2. The number of imide groups is 1. The number of nitrogens with one attached hydrogen (secondary N) is 1. The van der Waals surface area contributed by atoms with Crippen molar-refractivity contribution in [3.63, 3.8) is 0 Å². The molecule has 1 saturated heterocycles. The molecule has 1 N–H and O–H groups in total. The Bertz CT molecular complexity index is 349. The van der Waals surface area contributed by atoms with Crippen molar-refractivity contribution in [1.29, 1.82) is 0 Å². The molecule has 0 radical (unpaired) electrons. The average Bonchev–Trinajstić information content (AvgIpc) is 2.72. The first-order chi connectivity index (χ1) is 8.41. The van der Waals surface area contributed by atoms with Crippen LogP contribution in [0.3, 0.4) is 0 Å². The van der Waals surface area contributed by atoms with Gasteiger partial charge in [0.2, 0.25) is 11.8 Å². The summed E-state index contributed by atoms with van der Waals surface area (Å²) in [6.07, 6.45) is 1.63.